The fourth-order valence-electron chi connectivity index (χ4n) is 3.07. The molecule has 0 radical (unpaired) electrons. The van der Waals surface area contributed by atoms with Crippen molar-refractivity contribution in [2.45, 2.75) is 13.3 Å². The van der Waals surface area contributed by atoms with E-state index in [0.29, 0.717) is 12.1 Å². The highest BCUT2D eigenvalue weighted by Crippen LogP contribution is 2.27. The molecule has 132 valence electrons. The molecule has 0 unspecified atom stereocenters. The van der Waals surface area contributed by atoms with E-state index in [-0.39, 0.29) is 0 Å². The highest BCUT2D eigenvalue weighted by Gasteiger charge is 2.12. The summed E-state index contributed by atoms with van der Waals surface area (Å²) in [6, 6.07) is 17.7. The Morgan fingerprint density at radius 3 is 2.74 bits per heavy atom. The Morgan fingerprint density at radius 2 is 1.96 bits per heavy atom. The van der Waals surface area contributed by atoms with Gasteiger partial charge in [0.15, 0.2) is 5.82 Å². The van der Waals surface area contributed by atoms with Crippen LogP contribution in [-0.2, 0) is 6.42 Å². The lowest BCUT2D eigenvalue weighted by molar-refractivity contribution is 0.853. The number of pyridine rings is 2. The molecule has 6 heteroatoms. The Bertz CT molecular complexity index is 1170. The Labute approximate surface area is 156 Å². The van der Waals surface area contributed by atoms with E-state index in [1.165, 1.54) is 0 Å². The summed E-state index contributed by atoms with van der Waals surface area (Å²) in [5.41, 5.74) is 10.4. The van der Waals surface area contributed by atoms with Gasteiger partial charge in [-0.1, -0.05) is 12.1 Å². The van der Waals surface area contributed by atoms with Crippen LogP contribution >= 0.6 is 0 Å². The minimum atomic E-state index is 0.548. The third kappa shape index (κ3) is 3.28. The molecule has 0 aliphatic carbocycles. The predicted octanol–water partition coefficient (Wildman–Crippen LogP) is 3.16. The van der Waals surface area contributed by atoms with Crippen molar-refractivity contribution in [3.8, 4) is 23.1 Å². The smallest absolute Gasteiger partial charge is 0.153 e. The Morgan fingerprint density at radius 1 is 1.11 bits per heavy atom. The lowest BCUT2D eigenvalue weighted by Crippen LogP contribution is -2.04. The van der Waals surface area contributed by atoms with Gasteiger partial charge in [-0.15, -0.1) is 0 Å². The molecular formula is C21H18N6. The van der Waals surface area contributed by atoms with Crippen LogP contribution in [0.4, 0.5) is 0 Å². The van der Waals surface area contributed by atoms with Crippen LogP contribution in [0.1, 0.15) is 17.0 Å². The van der Waals surface area contributed by atoms with Crippen LogP contribution in [0.15, 0.2) is 54.7 Å². The molecule has 1 aromatic carbocycles. The Hall–Kier alpha value is -3.56. The number of nitriles is 1. The van der Waals surface area contributed by atoms with Gasteiger partial charge >= 0.3 is 0 Å². The number of benzene rings is 1. The molecular weight excluding hydrogens is 336 g/mol. The summed E-state index contributed by atoms with van der Waals surface area (Å²) >= 11 is 0. The number of aromatic nitrogens is 4. The lowest BCUT2D eigenvalue weighted by atomic mass is 10.0. The summed E-state index contributed by atoms with van der Waals surface area (Å²) in [5.74, 6) is 0.722. The molecule has 3 aromatic heterocycles. The maximum Gasteiger partial charge on any atom is 0.153 e. The van der Waals surface area contributed by atoms with Crippen LogP contribution in [0.5, 0.6) is 0 Å². The van der Waals surface area contributed by atoms with Crippen LogP contribution in [-0.4, -0.2) is 26.3 Å². The first-order valence-electron chi connectivity index (χ1n) is 8.72. The second-order valence-corrected chi connectivity index (χ2v) is 6.33. The van der Waals surface area contributed by atoms with E-state index in [9.17, 15) is 5.26 Å². The van der Waals surface area contributed by atoms with Gasteiger partial charge in [0.25, 0.3) is 0 Å². The van der Waals surface area contributed by atoms with Gasteiger partial charge in [0, 0.05) is 35.0 Å². The Kier molecular flexibility index (Phi) is 4.37. The topological polar surface area (TPSA) is 93.4 Å². The summed E-state index contributed by atoms with van der Waals surface area (Å²) in [6.07, 6.45) is 2.56. The molecule has 0 amide bonds. The van der Waals surface area contributed by atoms with Gasteiger partial charge in [-0.3, -0.25) is 4.98 Å². The molecule has 4 rings (SSSR count). The first kappa shape index (κ1) is 16.9. The molecule has 4 aromatic rings. The number of nitrogens with two attached hydrogens (primary N) is 1. The highest BCUT2D eigenvalue weighted by atomic mass is 15.3. The maximum absolute atomic E-state index is 9.63. The molecule has 0 saturated heterocycles. The number of rotatable bonds is 4. The van der Waals surface area contributed by atoms with E-state index in [1.54, 1.807) is 4.68 Å². The summed E-state index contributed by atoms with van der Waals surface area (Å²) in [5, 5.41) is 15.1. The average Bonchev–Trinajstić information content (AvgIpc) is 3.12. The number of nitrogens with zero attached hydrogens (tertiary/aromatic N) is 5. The summed E-state index contributed by atoms with van der Waals surface area (Å²) in [7, 11) is 0. The third-order valence-corrected chi connectivity index (χ3v) is 4.36. The largest absolute Gasteiger partial charge is 0.330 e. The SMILES string of the molecule is Cc1cccc(-n2cc3c(C#N)cc(-c4cccc(CCN)n4)cc3n2)n1. The van der Waals surface area contributed by atoms with Crippen molar-refractivity contribution in [2.24, 2.45) is 5.73 Å². The van der Waals surface area contributed by atoms with E-state index < -0.39 is 0 Å². The first-order chi connectivity index (χ1) is 13.2. The molecule has 3 heterocycles. The number of fused-ring (bicyclic) bond motifs is 1. The molecule has 0 atom stereocenters. The van der Waals surface area contributed by atoms with Gasteiger partial charge < -0.3 is 5.73 Å². The zero-order chi connectivity index (χ0) is 18.8. The van der Waals surface area contributed by atoms with Crippen molar-refractivity contribution < 1.29 is 0 Å². The average molecular weight is 354 g/mol. The summed E-state index contributed by atoms with van der Waals surface area (Å²) < 4.78 is 1.71. The number of hydrogen-bond acceptors (Lipinski definition) is 5. The minimum Gasteiger partial charge on any atom is -0.330 e. The Balaban J connectivity index is 1.85. The fraction of sp³-hybridized carbons (Fsp3) is 0.143. The zero-order valence-electron chi connectivity index (χ0n) is 14.9. The van der Waals surface area contributed by atoms with Gasteiger partial charge in [0.05, 0.1) is 22.8 Å². The third-order valence-electron chi connectivity index (χ3n) is 4.36. The minimum absolute atomic E-state index is 0.548. The zero-order valence-corrected chi connectivity index (χ0v) is 14.9. The van der Waals surface area contributed by atoms with Crippen LogP contribution in [0.25, 0.3) is 28.0 Å². The van der Waals surface area contributed by atoms with E-state index in [1.807, 2.05) is 61.7 Å². The highest BCUT2D eigenvalue weighted by molar-refractivity contribution is 5.89. The lowest BCUT2D eigenvalue weighted by Gasteiger charge is -2.05. The second-order valence-electron chi connectivity index (χ2n) is 6.33. The van der Waals surface area contributed by atoms with Crippen LogP contribution < -0.4 is 5.73 Å². The van der Waals surface area contributed by atoms with Crippen LogP contribution in [0.3, 0.4) is 0 Å². The number of hydrogen-bond donors (Lipinski definition) is 1. The van der Waals surface area contributed by atoms with Gasteiger partial charge in [0.2, 0.25) is 0 Å². The van der Waals surface area contributed by atoms with Gasteiger partial charge in [0.1, 0.15) is 0 Å². The van der Waals surface area contributed by atoms with Crippen molar-refractivity contribution >= 4 is 10.9 Å². The molecule has 0 bridgehead atoms. The molecule has 6 nitrogen and oxygen atoms in total. The molecule has 0 spiro atoms. The van der Waals surface area contributed by atoms with Gasteiger partial charge in [-0.2, -0.15) is 10.4 Å². The van der Waals surface area contributed by atoms with Crippen molar-refractivity contribution in [3.63, 3.8) is 0 Å². The second kappa shape index (κ2) is 6.98. The van der Waals surface area contributed by atoms with E-state index in [4.69, 9.17) is 5.73 Å². The summed E-state index contributed by atoms with van der Waals surface area (Å²) in [4.78, 5) is 9.16. The molecule has 0 fully saturated rings. The van der Waals surface area contributed by atoms with Gasteiger partial charge in [-0.25, -0.2) is 9.67 Å². The van der Waals surface area contributed by atoms with Crippen molar-refractivity contribution in [2.75, 3.05) is 6.54 Å². The molecule has 2 N–H and O–H groups in total. The van der Waals surface area contributed by atoms with E-state index in [2.05, 4.69) is 21.1 Å². The summed E-state index contributed by atoms with van der Waals surface area (Å²) in [6.45, 7) is 2.48. The van der Waals surface area contributed by atoms with Crippen LogP contribution in [0.2, 0.25) is 0 Å². The predicted molar refractivity (Wildman–Crippen MR) is 104 cm³/mol. The molecule has 0 aliphatic rings. The number of aryl methyl sites for hydroxylation is 1. The molecule has 27 heavy (non-hydrogen) atoms. The molecule has 0 saturated carbocycles. The van der Waals surface area contributed by atoms with Crippen molar-refractivity contribution in [3.05, 3.63) is 71.7 Å². The monoisotopic (exact) mass is 354 g/mol. The van der Waals surface area contributed by atoms with Crippen molar-refractivity contribution in [1.29, 1.82) is 5.26 Å². The van der Waals surface area contributed by atoms with Gasteiger partial charge in [-0.05, 0) is 49.9 Å². The first-order valence-corrected chi connectivity index (χ1v) is 8.72. The maximum atomic E-state index is 9.63. The molecule has 0 aliphatic heterocycles. The normalized spacial score (nSPS) is 10.9. The standard InChI is InChI=1S/C21H18N6/c1-14-4-2-7-21(24-14)27-13-18-16(12-23)10-15(11-20(18)26-27)19-6-3-5-17(25-19)8-9-22/h2-7,10-11,13H,8-9,22H2,1H3. The fourth-order valence-corrected chi connectivity index (χ4v) is 3.07. The van der Waals surface area contributed by atoms with Crippen molar-refractivity contribution in [1.82, 2.24) is 19.7 Å². The van der Waals surface area contributed by atoms with E-state index in [0.717, 1.165) is 45.8 Å². The van der Waals surface area contributed by atoms with Crippen LogP contribution in [0, 0.1) is 18.3 Å². The quantitative estimate of drug-likeness (QED) is 0.607. The van der Waals surface area contributed by atoms with E-state index >= 15 is 0 Å².